The molecule has 1 aliphatic heterocycles. The minimum Gasteiger partial charge on any atom is -0.455 e. The molecule has 3 fully saturated rings. The van der Waals surface area contributed by atoms with Crippen molar-refractivity contribution < 1.29 is 67.3 Å². The summed E-state index contributed by atoms with van der Waals surface area (Å²) >= 11 is 0. The maximum atomic E-state index is 15.7. The van der Waals surface area contributed by atoms with Crippen molar-refractivity contribution in [3.63, 3.8) is 0 Å². The van der Waals surface area contributed by atoms with E-state index in [4.69, 9.17) is 33.2 Å². The number of methoxy groups -OCH3 is 1. The first-order valence-corrected chi connectivity index (χ1v) is 23.6. The van der Waals surface area contributed by atoms with Gasteiger partial charge in [-0.25, -0.2) is 9.59 Å². The number of hydrogen-bond donors (Lipinski definition) is 3. The van der Waals surface area contributed by atoms with Gasteiger partial charge in [-0.05, 0) is 69.9 Å². The van der Waals surface area contributed by atoms with E-state index in [1.807, 2.05) is 26.8 Å². The molecule has 2 saturated carbocycles. The fraction of sp³-hybridized carbons (Fsp3) is 0.635. The molecule has 3 aliphatic carbocycles. The zero-order chi connectivity index (χ0) is 49.1. The van der Waals surface area contributed by atoms with E-state index in [9.17, 15) is 24.6 Å². The van der Waals surface area contributed by atoms with Gasteiger partial charge in [0.25, 0.3) is 0 Å². The molecule has 15 heteroatoms. The normalized spacial score (nSPS) is 30.8. The number of benzene rings is 2. The van der Waals surface area contributed by atoms with Crippen molar-refractivity contribution in [2.24, 2.45) is 22.7 Å². The van der Waals surface area contributed by atoms with Crippen LogP contribution in [-0.4, -0.2) is 114 Å². The highest BCUT2D eigenvalue weighted by Gasteiger charge is 2.78. The molecular formula is C52H71NO14. The molecule has 4 aliphatic rings. The van der Waals surface area contributed by atoms with Crippen LogP contribution in [0.2, 0.25) is 0 Å². The van der Waals surface area contributed by atoms with Crippen LogP contribution in [0.25, 0.3) is 0 Å². The number of rotatable bonds is 18. The van der Waals surface area contributed by atoms with E-state index in [1.165, 1.54) is 14.0 Å². The van der Waals surface area contributed by atoms with Gasteiger partial charge in [0.05, 0.1) is 60.5 Å². The van der Waals surface area contributed by atoms with Crippen LogP contribution in [-0.2, 0) is 52.3 Å². The zero-order valence-corrected chi connectivity index (χ0v) is 40.8. The lowest BCUT2D eigenvalue weighted by atomic mass is 9.43. The topological polar surface area (TPSA) is 202 Å². The van der Waals surface area contributed by atoms with Crippen molar-refractivity contribution in [3.8, 4) is 0 Å². The maximum absolute atomic E-state index is 15.7. The third-order valence-corrected chi connectivity index (χ3v) is 14.8. The Morgan fingerprint density at radius 3 is 2.18 bits per heavy atom. The molecule has 0 amide bonds. The lowest BCUT2D eigenvalue weighted by Gasteiger charge is -2.68. The van der Waals surface area contributed by atoms with Crippen molar-refractivity contribution in [1.82, 2.24) is 5.32 Å². The summed E-state index contributed by atoms with van der Waals surface area (Å²) in [5.74, 6) is -6.24. The molecule has 15 nitrogen and oxygen atoms in total. The molecule has 0 aromatic heterocycles. The summed E-state index contributed by atoms with van der Waals surface area (Å²) in [6.45, 7) is 14.7. The highest BCUT2D eigenvalue weighted by molar-refractivity contribution is 5.93. The number of carbonyl (C=O) groups excluding carboxylic acids is 5. The SMILES string of the molecule is CCCCCCC(=O)O[C@@H](C(=O)O[C@H]1C[C@@]2(O)[C@@H](OC(=O)c3ccccc3)[C@@H]3[C@]4(OC(C)=O)CO[C@@H]4C[C@H](OC)[C@@]3(C)C(=O)[C@H](CO)C(=C1C)C2(C)C)[C@@H](NCOC(C)(C)C)c1ccccc1. The Balaban J connectivity index is 1.53. The predicted octanol–water partition coefficient (Wildman–Crippen LogP) is 6.52. The van der Waals surface area contributed by atoms with Crippen LogP contribution in [0.5, 0.6) is 0 Å². The highest BCUT2D eigenvalue weighted by Crippen LogP contribution is 2.65. The predicted molar refractivity (Wildman–Crippen MR) is 245 cm³/mol. The minimum atomic E-state index is -2.23. The Kier molecular flexibility index (Phi) is 16.0. The number of unbranched alkanes of at least 4 members (excludes halogenated alkanes) is 3. The lowest BCUT2D eigenvalue weighted by molar-refractivity contribution is -0.347. The molecule has 11 atom stereocenters. The molecule has 2 bridgehead atoms. The second-order valence-corrected chi connectivity index (χ2v) is 20.4. The van der Waals surface area contributed by atoms with Crippen molar-refractivity contribution in [2.75, 3.05) is 27.1 Å². The standard InChI is InChI=1S/C52H71NO14/c1-11-12-13-20-25-39(56)65-42(41(33-21-16-14-17-22-33)53-30-63-48(4,5)6)47(59)64-36-27-52(60)45(66-46(58)34-23-18-15-19-24-34)43-50(9,44(57)35(28-54)40(31(36)2)49(52,7)8)37(61-10)26-38-51(43,29-62-38)67-32(3)55/h14-19,21-24,35-38,41-43,45,53-54,60H,11-13,20,25-30H2,1-10H3/t35-,36+,37+,38-,41+,42-,43+,45+,50-,51+,52-/m1/s1. The third kappa shape index (κ3) is 10.0. The van der Waals surface area contributed by atoms with Crippen LogP contribution < -0.4 is 5.32 Å². The number of nitrogens with one attached hydrogen (secondary N) is 1. The third-order valence-electron chi connectivity index (χ3n) is 14.8. The fourth-order valence-corrected chi connectivity index (χ4v) is 11.3. The van der Waals surface area contributed by atoms with Gasteiger partial charge in [0.2, 0.25) is 6.10 Å². The molecule has 2 aromatic rings. The van der Waals surface area contributed by atoms with Crippen LogP contribution >= 0.6 is 0 Å². The number of aliphatic hydroxyl groups excluding tert-OH is 1. The molecule has 0 radical (unpaired) electrons. The average molecular weight is 934 g/mol. The smallest absolute Gasteiger partial charge is 0.350 e. The lowest BCUT2D eigenvalue weighted by Crippen LogP contribution is -2.81. The Labute approximate surface area is 394 Å². The minimum absolute atomic E-state index is 0.0342. The van der Waals surface area contributed by atoms with Gasteiger partial charge >= 0.3 is 23.9 Å². The van der Waals surface area contributed by atoms with Gasteiger partial charge < -0.3 is 43.4 Å². The van der Waals surface area contributed by atoms with E-state index in [1.54, 1.807) is 82.3 Å². The van der Waals surface area contributed by atoms with Gasteiger partial charge in [0.1, 0.15) is 23.9 Å². The number of hydrogen-bond acceptors (Lipinski definition) is 15. The van der Waals surface area contributed by atoms with E-state index in [0.29, 0.717) is 17.6 Å². The van der Waals surface area contributed by atoms with Crippen LogP contribution in [0.1, 0.15) is 129 Å². The summed E-state index contributed by atoms with van der Waals surface area (Å²) in [5.41, 5.74) is -6.19. The summed E-state index contributed by atoms with van der Waals surface area (Å²) in [5, 5.41) is 28.6. The summed E-state index contributed by atoms with van der Waals surface area (Å²) < 4.78 is 43.6. The molecule has 1 heterocycles. The van der Waals surface area contributed by atoms with Gasteiger partial charge in [0, 0.05) is 38.7 Å². The summed E-state index contributed by atoms with van der Waals surface area (Å²) in [4.78, 5) is 72.2. The quantitative estimate of drug-likeness (QED) is 0.0479. The number of Topliss-reactive ketones (excluding diaryl/α,β-unsaturated/α-hetero) is 1. The molecule has 1 saturated heterocycles. The molecule has 0 unspecified atom stereocenters. The first kappa shape index (κ1) is 51.9. The molecule has 2 aromatic carbocycles. The van der Waals surface area contributed by atoms with Gasteiger partial charge in [-0.15, -0.1) is 0 Å². The van der Waals surface area contributed by atoms with Gasteiger partial charge in [-0.1, -0.05) is 88.6 Å². The van der Waals surface area contributed by atoms with Gasteiger partial charge in [0.15, 0.2) is 11.4 Å². The number of esters is 4. The average Bonchev–Trinajstić information content (AvgIpc) is 3.27. The van der Waals surface area contributed by atoms with Crippen LogP contribution in [0.4, 0.5) is 0 Å². The maximum Gasteiger partial charge on any atom is 0.350 e. The Bertz CT molecular complexity index is 2140. The molecule has 67 heavy (non-hydrogen) atoms. The first-order chi connectivity index (χ1) is 31.6. The summed E-state index contributed by atoms with van der Waals surface area (Å²) in [7, 11) is 1.44. The molecular weight excluding hydrogens is 863 g/mol. The second-order valence-electron chi connectivity index (χ2n) is 20.4. The van der Waals surface area contributed by atoms with Gasteiger partial charge in [-0.2, -0.15) is 0 Å². The number of ether oxygens (including phenoxy) is 7. The van der Waals surface area contributed by atoms with Crippen molar-refractivity contribution in [2.45, 2.75) is 161 Å². The van der Waals surface area contributed by atoms with Crippen LogP contribution in [0.3, 0.4) is 0 Å². The van der Waals surface area contributed by atoms with Crippen molar-refractivity contribution in [1.29, 1.82) is 0 Å². The summed E-state index contributed by atoms with van der Waals surface area (Å²) in [6, 6.07) is 16.2. The Hall–Kier alpha value is -4.51. The Morgan fingerprint density at radius 2 is 1.61 bits per heavy atom. The molecule has 368 valence electrons. The van der Waals surface area contributed by atoms with E-state index in [0.717, 1.165) is 19.3 Å². The Morgan fingerprint density at radius 1 is 0.955 bits per heavy atom. The van der Waals surface area contributed by atoms with E-state index in [-0.39, 0.29) is 37.3 Å². The largest absolute Gasteiger partial charge is 0.455 e. The molecule has 6 rings (SSSR count). The monoisotopic (exact) mass is 933 g/mol. The summed E-state index contributed by atoms with van der Waals surface area (Å²) in [6.07, 6.45) is -3.36. The zero-order valence-electron chi connectivity index (χ0n) is 40.8. The van der Waals surface area contributed by atoms with E-state index >= 15 is 9.59 Å². The second kappa shape index (κ2) is 20.6. The number of ketones is 1. The van der Waals surface area contributed by atoms with Crippen molar-refractivity contribution in [3.05, 3.63) is 82.9 Å². The number of carbonyl (C=O) groups is 5. The first-order valence-electron chi connectivity index (χ1n) is 23.6. The number of aliphatic hydroxyl groups is 2. The fourth-order valence-electron chi connectivity index (χ4n) is 11.3. The number of fused-ring (bicyclic) bond motifs is 5. The van der Waals surface area contributed by atoms with Crippen LogP contribution in [0.15, 0.2) is 71.8 Å². The van der Waals surface area contributed by atoms with Crippen molar-refractivity contribution >= 4 is 29.7 Å². The van der Waals surface area contributed by atoms with E-state index in [2.05, 4.69) is 12.2 Å². The molecule has 3 N–H and O–H groups in total. The van der Waals surface area contributed by atoms with Gasteiger partial charge in [-0.3, -0.25) is 19.7 Å². The van der Waals surface area contributed by atoms with E-state index < -0.39 is 119 Å². The highest BCUT2D eigenvalue weighted by atomic mass is 16.6. The van der Waals surface area contributed by atoms with Crippen LogP contribution in [0, 0.1) is 22.7 Å². The molecule has 0 spiro atoms.